The Hall–Kier alpha value is -2.36. The summed E-state index contributed by atoms with van der Waals surface area (Å²) in [4.78, 5) is 5.95. The Bertz CT molecular complexity index is 994. The molecule has 0 radical (unpaired) electrons. The van der Waals surface area contributed by atoms with E-state index < -0.39 is 6.10 Å². The molecular weight excluding hydrogens is 404 g/mol. The van der Waals surface area contributed by atoms with Crippen LogP contribution < -0.4 is 0 Å². The molecule has 2 aliphatic rings. The van der Waals surface area contributed by atoms with Gasteiger partial charge in [0.15, 0.2) is 0 Å². The number of hydrogen-bond acceptors (Lipinski definition) is 2. The van der Waals surface area contributed by atoms with Gasteiger partial charge in [-0.05, 0) is 66.0 Å². The molecule has 31 heavy (non-hydrogen) atoms. The second-order valence-electron chi connectivity index (χ2n) is 7.96. The molecule has 4 heteroatoms. The van der Waals surface area contributed by atoms with Crippen LogP contribution in [-0.2, 0) is 0 Å². The van der Waals surface area contributed by atoms with Gasteiger partial charge in [-0.2, -0.15) is 0 Å². The lowest BCUT2D eigenvalue weighted by Crippen LogP contribution is -2.35. The van der Waals surface area contributed by atoms with Gasteiger partial charge >= 0.3 is 0 Å². The summed E-state index contributed by atoms with van der Waals surface area (Å²) in [5.74, 6) is 0.743. The largest absolute Gasteiger partial charge is 0.387 e. The molecule has 1 unspecified atom stereocenters. The van der Waals surface area contributed by atoms with Crippen molar-refractivity contribution in [1.29, 1.82) is 0 Å². The van der Waals surface area contributed by atoms with Crippen molar-refractivity contribution in [2.24, 2.45) is 10.9 Å². The molecule has 1 heterocycles. The van der Waals surface area contributed by atoms with E-state index >= 15 is 0 Å². The summed E-state index contributed by atoms with van der Waals surface area (Å²) >= 11 is 6.26. The average molecular weight is 437 g/mol. The number of nitrogens with zero attached hydrogens (tertiary/aromatic N) is 2. The third kappa shape index (κ3) is 5.11. The van der Waals surface area contributed by atoms with Gasteiger partial charge in [-0.15, -0.1) is 0 Å². The lowest BCUT2D eigenvalue weighted by molar-refractivity contribution is 0.0967. The number of aliphatic hydroxyl groups is 1. The van der Waals surface area contributed by atoms with E-state index in [0.717, 1.165) is 37.1 Å². The fraction of sp³-hybridized carbons (Fsp3) is 0.370. The van der Waals surface area contributed by atoms with Crippen molar-refractivity contribution in [2.75, 3.05) is 7.05 Å². The van der Waals surface area contributed by atoms with E-state index in [4.69, 9.17) is 11.6 Å². The molecule has 2 aromatic carbocycles. The van der Waals surface area contributed by atoms with Crippen LogP contribution in [0.5, 0.6) is 0 Å². The highest BCUT2D eigenvalue weighted by Gasteiger charge is 2.32. The standard InChI is InChI=1S/C25H27ClN2O.C2H6/c1-17-14-21(26)15-24(28(17)16-27-2)25(29)20-12-10-19(11-13-20)23-9-5-7-18-6-3-4-8-22(18)23;1-2/h3-9,14-16,19-20,25,29H,1,10-13H2,2H3;1-2H3. The highest BCUT2D eigenvalue weighted by atomic mass is 35.5. The normalized spacial score (nSPS) is 22.6. The van der Waals surface area contributed by atoms with E-state index in [1.54, 1.807) is 19.5 Å². The Morgan fingerprint density at radius 2 is 1.74 bits per heavy atom. The second kappa shape index (κ2) is 10.8. The molecule has 164 valence electrons. The molecule has 3 nitrogen and oxygen atoms in total. The number of benzene rings is 2. The molecule has 0 bridgehead atoms. The van der Waals surface area contributed by atoms with Crippen LogP contribution in [0.2, 0.25) is 0 Å². The molecule has 2 aromatic rings. The Kier molecular flexibility index (Phi) is 8.11. The number of hydrogen-bond donors (Lipinski definition) is 1. The predicted octanol–water partition coefficient (Wildman–Crippen LogP) is 6.99. The van der Waals surface area contributed by atoms with Crippen LogP contribution in [-0.4, -0.2) is 29.5 Å². The summed E-state index contributed by atoms with van der Waals surface area (Å²) in [6.07, 6.45) is 8.86. The van der Waals surface area contributed by atoms with E-state index in [0.29, 0.717) is 11.0 Å². The minimum absolute atomic E-state index is 0.204. The lowest BCUT2D eigenvalue weighted by atomic mass is 9.75. The fourth-order valence-corrected chi connectivity index (χ4v) is 4.96. The smallest absolute Gasteiger partial charge is 0.0972 e. The number of halogens is 1. The van der Waals surface area contributed by atoms with Gasteiger partial charge in [0.05, 0.1) is 18.1 Å². The van der Waals surface area contributed by atoms with E-state index in [-0.39, 0.29) is 5.92 Å². The zero-order valence-corrected chi connectivity index (χ0v) is 19.5. The topological polar surface area (TPSA) is 35.8 Å². The Balaban J connectivity index is 0.00000132. The van der Waals surface area contributed by atoms with Crippen LogP contribution >= 0.6 is 11.6 Å². The van der Waals surface area contributed by atoms with Crippen molar-refractivity contribution in [3.8, 4) is 0 Å². The minimum Gasteiger partial charge on any atom is -0.387 e. The molecule has 0 saturated heterocycles. The molecular formula is C27H33ClN2O. The molecule has 4 rings (SSSR count). The molecule has 0 aromatic heterocycles. The van der Waals surface area contributed by atoms with Crippen LogP contribution in [0.1, 0.15) is 51.0 Å². The summed E-state index contributed by atoms with van der Waals surface area (Å²) < 4.78 is 0. The van der Waals surface area contributed by atoms with Gasteiger partial charge < -0.3 is 10.0 Å². The first-order valence-corrected chi connectivity index (χ1v) is 11.6. The molecule has 1 saturated carbocycles. The zero-order chi connectivity index (χ0) is 22.4. The minimum atomic E-state index is -0.583. The van der Waals surface area contributed by atoms with Crippen molar-refractivity contribution < 1.29 is 5.11 Å². The van der Waals surface area contributed by atoms with Crippen molar-refractivity contribution in [2.45, 2.75) is 51.6 Å². The first-order valence-electron chi connectivity index (χ1n) is 11.2. The fourth-order valence-electron chi connectivity index (χ4n) is 4.73. The van der Waals surface area contributed by atoms with Gasteiger partial charge in [-0.3, -0.25) is 4.99 Å². The third-order valence-corrected chi connectivity index (χ3v) is 6.41. The first kappa shape index (κ1) is 23.3. The monoisotopic (exact) mass is 436 g/mol. The van der Waals surface area contributed by atoms with E-state index in [1.807, 2.05) is 24.8 Å². The quantitative estimate of drug-likeness (QED) is 0.414. The average Bonchev–Trinajstić information content (AvgIpc) is 2.81. The van der Waals surface area contributed by atoms with E-state index in [1.165, 1.54) is 16.3 Å². The molecule has 1 aliphatic carbocycles. The molecule has 0 spiro atoms. The molecule has 0 amide bonds. The SMILES string of the molecule is C=C1C=C(Cl)C=C(C(O)C2CCC(c3cccc4ccccc34)CC2)N1C=NC.CC. The number of aliphatic hydroxyl groups excluding tert-OH is 1. The third-order valence-electron chi connectivity index (χ3n) is 6.19. The summed E-state index contributed by atoms with van der Waals surface area (Å²) in [6, 6.07) is 15.2. The van der Waals surface area contributed by atoms with E-state index in [9.17, 15) is 5.11 Å². The number of allylic oxidation sites excluding steroid dienone is 3. The maximum atomic E-state index is 11.2. The van der Waals surface area contributed by atoms with Crippen LogP contribution in [0, 0.1) is 5.92 Å². The maximum absolute atomic E-state index is 11.2. The highest BCUT2D eigenvalue weighted by molar-refractivity contribution is 6.31. The summed E-state index contributed by atoms with van der Waals surface area (Å²) in [7, 11) is 1.71. The predicted molar refractivity (Wildman–Crippen MR) is 133 cm³/mol. The van der Waals surface area contributed by atoms with E-state index in [2.05, 4.69) is 54.0 Å². The molecule has 1 N–H and O–H groups in total. The van der Waals surface area contributed by atoms with Crippen molar-refractivity contribution in [3.05, 3.63) is 83.2 Å². The Labute approximate surface area is 191 Å². The number of rotatable bonds is 4. The second-order valence-corrected chi connectivity index (χ2v) is 8.39. The summed E-state index contributed by atoms with van der Waals surface area (Å²) in [5.41, 5.74) is 2.93. The Morgan fingerprint density at radius 1 is 1.06 bits per heavy atom. The molecule has 1 atom stereocenters. The first-order chi connectivity index (χ1) is 15.1. The van der Waals surface area contributed by atoms with Crippen molar-refractivity contribution >= 4 is 28.7 Å². The van der Waals surface area contributed by atoms with Crippen LogP contribution in [0.25, 0.3) is 10.8 Å². The van der Waals surface area contributed by atoms with Crippen molar-refractivity contribution in [1.82, 2.24) is 4.90 Å². The zero-order valence-electron chi connectivity index (χ0n) is 18.8. The van der Waals surface area contributed by atoms with Gasteiger partial charge in [0.1, 0.15) is 0 Å². The maximum Gasteiger partial charge on any atom is 0.0972 e. The van der Waals surface area contributed by atoms with Gasteiger partial charge in [-0.1, -0.05) is 74.5 Å². The number of fused-ring (bicyclic) bond motifs is 1. The number of aliphatic imine (C=N–C) groups is 1. The molecule has 1 fully saturated rings. The van der Waals surface area contributed by atoms with Crippen molar-refractivity contribution in [3.63, 3.8) is 0 Å². The summed E-state index contributed by atoms with van der Waals surface area (Å²) in [5, 5.41) is 14.4. The van der Waals surface area contributed by atoms with Crippen LogP contribution in [0.15, 0.2) is 82.6 Å². The van der Waals surface area contributed by atoms with Gasteiger partial charge in [0, 0.05) is 17.8 Å². The molecule has 1 aliphatic heterocycles. The van der Waals surface area contributed by atoms with Crippen LogP contribution in [0.4, 0.5) is 0 Å². The van der Waals surface area contributed by atoms with Gasteiger partial charge in [0.25, 0.3) is 0 Å². The lowest BCUT2D eigenvalue weighted by Gasteiger charge is -2.37. The summed E-state index contributed by atoms with van der Waals surface area (Å²) in [6.45, 7) is 8.04. The highest BCUT2D eigenvalue weighted by Crippen LogP contribution is 2.41. The van der Waals surface area contributed by atoms with Gasteiger partial charge in [-0.25, -0.2) is 0 Å². The van der Waals surface area contributed by atoms with Gasteiger partial charge in [0.2, 0.25) is 0 Å². The Morgan fingerprint density at radius 3 is 2.45 bits per heavy atom. The van der Waals surface area contributed by atoms with Crippen LogP contribution in [0.3, 0.4) is 0 Å².